The molecule has 0 amide bonds. The molecule has 2 nitrogen and oxygen atoms in total. The van der Waals surface area contributed by atoms with Gasteiger partial charge < -0.3 is 4.74 Å². The summed E-state index contributed by atoms with van der Waals surface area (Å²) in [6.45, 7) is 1.08. The monoisotopic (exact) mass is 491 g/mol. The van der Waals surface area contributed by atoms with E-state index in [-0.39, 0.29) is 30.2 Å². The number of halogens is 6. The van der Waals surface area contributed by atoms with Gasteiger partial charge in [0.25, 0.3) is 0 Å². The zero-order valence-electron chi connectivity index (χ0n) is 18.6. The molecule has 184 valence electrons. The van der Waals surface area contributed by atoms with Gasteiger partial charge >= 0.3 is 12.4 Å². The number of benzene rings is 3. The van der Waals surface area contributed by atoms with E-state index in [4.69, 9.17) is 4.74 Å². The smallest absolute Gasteiger partial charge is 0.368 e. The maximum Gasteiger partial charge on any atom is 0.416 e. The summed E-state index contributed by atoms with van der Waals surface area (Å²) < 4.78 is 86.0. The molecule has 3 aromatic rings. The van der Waals surface area contributed by atoms with Crippen molar-refractivity contribution in [2.24, 2.45) is 5.92 Å². The molecule has 3 aromatic carbocycles. The number of fused-ring (bicyclic) bond motifs is 1. The van der Waals surface area contributed by atoms with Crippen LogP contribution in [-0.2, 0) is 30.2 Å². The fourth-order valence-electron chi connectivity index (χ4n) is 5.26. The molecule has 0 bridgehead atoms. The molecule has 0 radical (unpaired) electrons. The van der Waals surface area contributed by atoms with Gasteiger partial charge in [-0.2, -0.15) is 26.3 Å². The molecule has 0 N–H and O–H groups in total. The third-order valence-electron chi connectivity index (χ3n) is 6.88. The summed E-state index contributed by atoms with van der Waals surface area (Å²) >= 11 is 0. The van der Waals surface area contributed by atoms with E-state index >= 15 is 0 Å². The summed E-state index contributed by atoms with van der Waals surface area (Å²) in [4.78, 5) is 2.28. The first kappa shape index (κ1) is 23.9. The van der Waals surface area contributed by atoms with Crippen molar-refractivity contribution in [2.75, 3.05) is 6.54 Å². The Bertz CT molecular complexity index is 1150. The van der Waals surface area contributed by atoms with E-state index < -0.39 is 29.1 Å². The summed E-state index contributed by atoms with van der Waals surface area (Å²) in [6, 6.07) is 21.1. The second-order valence-corrected chi connectivity index (χ2v) is 9.29. The molecule has 2 aliphatic rings. The standard InChI is InChI=1S/C27H23F6NO/c28-26(29,30)21-11-19(12-22(13-21)27(31,32)33)17-35-25-14-23(25)16-34(15-18-7-3-1-4-8-18)24(25)20-9-5-2-6-10-20/h1-13,23-24H,14-17H2/t23?,24-,25+/m0/s1. The molecule has 8 heteroatoms. The highest BCUT2D eigenvalue weighted by Gasteiger charge is 2.67. The first-order valence-corrected chi connectivity index (χ1v) is 11.3. The van der Waals surface area contributed by atoms with Crippen molar-refractivity contribution in [3.05, 3.63) is 107 Å². The summed E-state index contributed by atoms with van der Waals surface area (Å²) in [5.74, 6) is 0.157. The van der Waals surface area contributed by atoms with Crippen molar-refractivity contribution in [1.29, 1.82) is 0 Å². The summed E-state index contributed by atoms with van der Waals surface area (Å²) in [5.41, 5.74) is -1.30. The van der Waals surface area contributed by atoms with E-state index in [0.717, 1.165) is 29.8 Å². The van der Waals surface area contributed by atoms with Crippen LogP contribution in [0.2, 0.25) is 0 Å². The molecule has 1 unspecified atom stereocenters. The minimum atomic E-state index is -4.89. The van der Waals surface area contributed by atoms with Crippen LogP contribution < -0.4 is 0 Å². The van der Waals surface area contributed by atoms with Crippen LogP contribution in [0.3, 0.4) is 0 Å². The van der Waals surface area contributed by atoms with Gasteiger partial charge in [-0.15, -0.1) is 0 Å². The summed E-state index contributed by atoms with van der Waals surface area (Å²) in [6.07, 6.45) is -9.06. The Kier molecular flexibility index (Phi) is 5.92. The summed E-state index contributed by atoms with van der Waals surface area (Å²) in [7, 11) is 0. The zero-order valence-corrected chi connectivity index (χ0v) is 18.6. The van der Waals surface area contributed by atoms with E-state index in [9.17, 15) is 26.3 Å². The topological polar surface area (TPSA) is 12.5 Å². The minimum absolute atomic E-state index is 0.138. The van der Waals surface area contributed by atoms with E-state index in [2.05, 4.69) is 4.90 Å². The third-order valence-corrected chi connectivity index (χ3v) is 6.88. The number of rotatable bonds is 6. The zero-order chi connectivity index (χ0) is 24.8. The molecule has 1 heterocycles. The molecule has 1 saturated carbocycles. The molecule has 1 aliphatic heterocycles. The van der Waals surface area contributed by atoms with Crippen molar-refractivity contribution >= 4 is 0 Å². The fraction of sp³-hybridized carbons (Fsp3) is 0.333. The fourth-order valence-corrected chi connectivity index (χ4v) is 5.26. The quantitative estimate of drug-likeness (QED) is 0.337. The van der Waals surface area contributed by atoms with Gasteiger partial charge in [0.15, 0.2) is 0 Å². The number of hydrogen-bond donors (Lipinski definition) is 0. The maximum absolute atomic E-state index is 13.3. The Morgan fingerprint density at radius 1 is 0.771 bits per heavy atom. The molecule has 1 aliphatic carbocycles. The maximum atomic E-state index is 13.3. The van der Waals surface area contributed by atoms with E-state index in [1.54, 1.807) is 0 Å². The summed E-state index contributed by atoms with van der Waals surface area (Å²) in [5, 5.41) is 0. The van der Waals surface area contributed by atoms with Crippen LogP contribution >= 0.6 is 0 Å². The van der Waals surface area contributed by atoms with Crippen LogP contribution in [0.1, 0.15) is 40.3 Å². The number of alkyl halides is 6. The minimum Gasteiger partial charge on any atom is -0.368 e. The Labute approximate surface area is 199 Å². The van der Waals surface area contributed by atoms with Crippen LogP contribution in [0.15, 0.2) is 78.9 Å². The van der Waals surface area contributed by atoms with Crippen LogP contribution in [-0.4, -0.2) is 17.0 Å². The van der Waals surface area contributed by atoms with Crippen molar-refractivity contribution in [1.82, 2.24) is 4.90 Å². The predicted molar refractivity (Wildman–Crippen MR) is 118 cm³/mol. The second kappa shape index (κ2) is 8.68. The Hall–Kier alpha value is -2.84. The molecule has 2 fully saturated rings. The molecule has 0 spiro atoms. The Morgan fingerprint density at radius 3 is 1.91 bits per heavy atom. The Morgan fingerprint density at radius 2 is 1.34 bits per heavy atom. The molecule has 0 aromatic heterocycles. The Balaban J connectivity index is 1.43. The number of ether oxygens (including phenoxy) is 1. The molecule has 1 saturated heterocycles. The number of hydrogen-bond acceptors (Lipinski definition) is 2. The molecule has 35 heavy (non-hydrogen) atoms. The van der Waals surface area contributed by atoms with Gasteiger partial charge in [0.05, 0.1) is 29.4 Å². The van der Waals surface area contributed by atoms with Gasteiger partial charge in [0.2, 0.25) is 0 Å². The average Bonchev–Trinajstić information content (AvgIpc) is 3.42. The van der Waals surface area contributed by atoms with E-state index in [1.165, 1.54) is 0 Å². The van der Waals surface area contributed by atoms with Crippen LogP contribution in [0.25, 0.3) is 0 Å². The average molecular weight is 491 g/mol. The second-order valence-electron chi connectivity index (χ2n) is 9.29. The number of piperidine rings is 1. The number of nitrogens with zero attached hydrogens (tertiary/aromatic N) is 1. The van der Waals surface area contributed by atoms with Gasteiger partial charge in [-0.3, -0.25) is 4.90 Å². The highest BCUT2D eigenvalue weighted by atomic mass is 19.4. The highest BCUT2D eigenvalue weighted by molar-refractivity contribution is 5.35. The predicted octanol–water partition coefficient (Wildman–Crippen LogP) is 7.26. The highest BCUT2D eigenvalue weighted by Crippen LogP contribution is 2.63. The first-order valence-electron chi connectivity index (χ1n) is 11.3. The van der Waals surface area contributed by atoms with E-state index in [1.807, 2.05) is 60.7 Å². The van der Waals surface area contributed by atoms with Gasteiger partial charge in [-0.25, -0.2) is 0 Å². The van der Waals surface area contributed by atoms with Crippen molar-refractivity contribution in [3.63, 3.8) is 0 Å². The van der Waals surface area contributed by atoms with Crippen LogP contribution in [0.5, 0.6) is 0 Å². The largest absolute Gasteiger partial charge is 0.416 e. The SMILES string of the molecule is FC(F)(F)c1cc(CO[C@]23CC2CN(Cc2ccccc2)[C@H]3c2ccccc2)cc(C(F)(F)F)c1. The molecular weight excluding hydrogens is 468 g/mol. The molecule has 3 atom stereocenters. The lowest BCUT2D eigenvalue weighted by atomic mass is 9.98. The van der Waals surface area contributed by atoms with Gasteiger partial charge in [0, 0.05) is 19.0 Å². The molecular formula is C27H23F6NO. The van der Waals surface area contributed by atoms with Crippen LogP contribution in [0.4, 0.5) is 26.3 Å². The lowest BCUT2D eigenvalue weighted by Crippen LogP contribution is -2.33. The lowest BCUT2D eigenvalue weighted by molar-refractivity contribution is -0.143. The van der Waals surface area contributed by atoms with Gasteiger partial charge in [0.1, 0.15) is 0 Å². The van der Waals surface area contributed by atoms with Crippen molar-refractivity contribution in [2.45, 2.75) is 43.6 Å². The van der Waals surface area contributed by atoms with Crippen molar-refractivity contribution < 1.29 is 31.1 Å². The molecule has 5 rings (SSSR count). The normalized spacial score (nSPS) is 24.4. The lowest BCUT2D eigenvalue weighted by Gasteiger charge is -2.33. The number of likely N-dealkylation sites (tertiary alicyclic amines) is 1. The van der Waals surface area contributed by atoms with Crippen molar-refractivity contribution in [3.8, 4) is 0 Å². The third kappa shape index (κ3) is 4.82. The van der Waals surface area contributed by atoms with E-state index in [0.29, 0.717) is 13.0 Å². The van der Waals surface area contributed by atoms with Gasteiger partial charge in [-0.05, 0) is 41.3 Å². The van der Waals surface area contributed by atoms with Gasteiger partial charge in [-0.1, -0.05) is 60.7 Å². The first-order chi connectivity index (χ1) is 16.6. The van der Waals surface area contributed by atoms with Crippen LogP contribution in [0, 0.1) is 5.92 Å².